The standard InChI is InChI=1S/C20H21BrN2O8/c1-11-16(19(25)30-3)17(12-6-5-7-13(8-12)23(27)28)18(20(26)31-4)14(9-21)22(11)10-15(24)29-2/h5-8,17H,9-10H2,1-4H3. The van der Waals surface area contributed by atoms with Gasteiger partial charge in [-0.1, -0.05) is 28.1 Å². The lowest BCUT2D eigenvalue weighted by molar-refractivity contribution is -0.384. The van der Waals surface area contributed by atoms with E-state index in [9.17, 15) is 24.5 Å². The molecular formula is C20H21BrN2O8. The normalized spacial score (nSPS) is 16.2. The van der Waals surface area contributed by atoms with Gasteiger partial charge in [0.1, 0.15) is 6.54 Å². The second kappa shape index (κ2) is 10.2. The number of carbonyl (C=O) groups is 3. The molecule has 1 aliphatic heterocycles. The van der Waals surface area contributed by atoms with Gasteiger partial charge in [-0.2, -0.15) is 0 Å². The molecule has 0 bridgehead atoms. The van der Waals surface area contributed by atoms with Crippen LogP contribution in [0.25, 0.3) is 0 Å². The van der Waals surface area contributed by atoms with Gasteiger partial charge in [-0.25, -0.2) is 9.59 Å². The lowest BCUT2D eigenvalue weighted by atomic mass is 9.79. The summed E-state index contributed by atoms with van der Waals surface area (Å²) in [6.07, 6.45) is 0. The quantitative estimate of drug-likeness (QED) is 0.184. The number of carbonyl (C=O) groups excluding carboxylic acids is 3. The average molecular weight is 497 g/mol. The summed E-state index contributed by atoms with van der Waals surface area (Å²) in [6, 6.07) is 5.61. The number of hydrogen-bond acceptors (Lipinski definition) is 9. The molecule has 1 atom stereocenters. The first-order valence-corrected chi connectivity index (χ1v) is 10.1. The van der Waals surface area contributed by atoms with E-state index in [0.29, 0.717) is 17.0 Å². The van der Waals surface area contributed by atoms with Gasteiger partial charge in [-0.15, -0.1) is 0 Å². The van der Waals surface area contributed by atoms with Crippen LogP contribution in [0.5, 0.6) is 0 Å². The first-order chi connectivity index (χ1) is 14.7. The molecule has 0 aromatic heterocycles. The van der Waals surface area contributed by atoms with E-state index in [1.807, 2.05) is 0 Å². The zero-order valence-corrected chi connectivity index (χ0v) is 18.9. The molecule has 1 aliphatic rings. The summed E-state index contributed by atoms with van der Waals surface area (Å²) in [5, 5.41) is 11.4. The van der Waals surface area contributed by atoms with Gasteiger partial charge >= 0.3 is 17.9 Å². The number of alkyl halides is 1. The number of non-ortho nitro benzene ring substituents is 1. The molecule has 1 unspecified atom stereocenters. The topological polar surface area (TPSA) is 125 Å². The van der Waals surface area contributed by atoms with Gasteiger partial charge in [0.15, 0.2) is 0 Å². The third kappa shape index (κ3) is 4.76. The highest BCUT2D eigenvalue weighted by Crippen LogP contribution is 2.43. The van der Waals surface area contributed by atoms with Gasteiger partial charge in [0, 0.05) is 28.9 Å². The fourth-order valence-electron chi connectivity index (χ4n) is 3.44. The summed E-state index contributed by atoms with van der Waals surface area (Å²) < 4.78 is 14.6. The lowest BCUT2D eigenvalue weighted by Crippen LogP contribution is -2.39. The Morgan fingerprint density at radius 3 is 2.23 bits per heavy atom. The second-order valence-corrected chi connectivity index (χ2v) is 6.98. The van der Waals surface area contributed by atoms with E-state index in [0.717, 1.165) is 0 Å². The monoisotopic (exact) mass is 496 g/mol. The molecule has 0 radical (unpaired) electrons. The van der Waals surface area contributed by atoms with Crippen molar-refractivity contribution < 1.29 is 33.5 Å². The van der Waals surface area contributed by atoms with Crippen LogP contribution in [0, 0.1) is 10.1 Å². The Kier molecular flexibility index (Phi) is 7.92. The van der Waals surface area contributed by atoms with Gasteiger partial charge in [0.05, 0.1) is 43.3 Å². The van der Waals surface area contributed by atoms with Gasteiger partial charge in [0.2, 0.25) is 0 Å². The molecular weight excluding hydrogens is 476 g/mol. The molecule has 0 spiro atoms. The smallest absolute Gasteiger partial charge is 0.336 e. The molecule has 0 saturated carbocycles. The third-order valence-electron chi connectivity index (χ3n) is 4.88. The van der Waals surface area contributed by atoms with Crippen LogP contribution in [0.15, 0.2) is 46.8 Å². The lowest BCUT2D eigenvalue weighted by Gasteiger charge is -2.37. The van der Waals surface area contributed by atoms with Crippen molar-refractivity contribution in [2.45, 2.75) is 12.8 Å². The number of halogens is 1. The van der Waals surface area contributed by atoms with E-state index in [4.69, 9.17) is 14.2 Å². The molecule has 10 nitrogen and oxygen atoms in total. The largest absolute Gasteiger partial charge is 0.468 e. The van der Waals surface area contributed by atoms with Crippen LogP contribution in [-0.4, -0.2) is 60.9 Å². The van der Waals surface area contributed by atoms with Crippen molar-refractivity contribution >= 4 is 39.5 Å². The summed E-state index contributed by atoms with van der Waals surface area (Å²) >= 11 is 3.33. The molecule has 0 amide bonds. The van der Waals surface area contributed by atoms with Crippen LogP contribution < -0.4 is 0 Å². The molecule has 1 aromatic carbocycles. The number of esters is 3. The minimum Gasteiger partial charge on any atom is -0.468 e. The summed E-state index contributed by atoms with van der Waals surface area (Å²) in [6.45, 7) is 1.32. The highest BCUT2D eigenvalue weighted by Gasteiger charge is 2.42. The van der Waals surface area contributed by atoms with Crippen LogP contribution >= 0.6 is 15.9 Å². The van der Waals surface area contributed by atoms with Crippen molar-refractivity contribution in [3.05, 3.63) is 62.5 Å². The van der Waals surface area contributed by atoms with Crippen LogP contribution in [0.1, 0.15) is 18.4 Å². The van der Waals surface area contributed by atoms with E-state index in [2.05, 4.69) is 15.9 Å². The van der Waals surface area contributed by atoms with Gasteiger partial charge in [-0.05, 0) is 12.5 Å². The third-order valence-corrected chi connectivity index (χ3v) is 5.41. The minimum atomic E-state index is -1.01. The predicted octanol–water partition coefficient (Wildman–Crippen LogP) is 2.44. The Morgan fingerprint density at radius 2 is 1.71 bits per heavy atom. The molecule has 0 N–H and O–H groups in total. The van der Waals surface area contributed by atoms with Gasteiger partial charge in [-0.3, -0.25) is 14.9 Å². The summed E-state index contributed by atoms with van der Waals surface area (Å²) in [5.41, 5.74) is 0.924. The molecule has 1 aromatic rings. The number of hydrogen-bond donors (Lipinski definition) is 0. The second-order valence-electron chi connectivity index (χ2n) is 6.42. The first kappa shape index (κ1) is 24.1. The van der Waals surface area contributed by atoms with E-state index in [1.165, 1.54) is 44.4 Å². The number of nitrogens with zero attached hydrogens (tertiary/aromatic N) is 2. The van der Waals surface area contributed by atoms with Crippen molar-refractivity contribution in [2.24, 2.45) is 0 Å². The Bertz CT molecular complexity index is 985. The van der Waals surface area contributed by atoms with Crippen molar-refractivity contribution in [1.29, 1.82) is 0 Å². The average Bonchev–Trinajstić information content (AvgIpc) is 2.78. The Labute approximate surface area is 186 Å². The molecule has 2 rings (SSSR count). The van der Waals surface area contributed by atoms with Crippen molar-refractivity contribution in [3.63, 3.8) is 0 Å². The fourth-order valence-corrected chi connectivity index (χ4v) is 4.04. The Balaban J connectivity index is 2.88. The van der Waals surface area contributed by atoms with Crippen molar-refractivity contribution in [3.8, 4) is 0 Å². The van der Waals surface area contributed by atoms with Crippen LogP contribution in [0.2, 0.25) is 0 Å². The zero-order valence-electron chi connectivity index (χ0n) is 17.3. The molecule has 0 aliphatic carbocycles. The fraction of sp³-hybridized carbons (Fsp3) is 0.350. The van der Waals surface area contributed by atoms with E-state index in [-0.39, 0.29) is 28.7 Å². The molecule has 11 heteroatoms. The Morgan fingerprint density at radius 1 is 1.10 bits per heavy atom. The minimum absolute atomic E-state index is 0.0507. The molecule has 1 heterocycles. The van der Waals surface area contributed by atoms with Gasteiger partial charge < -0.3 is 19.1 Å². The summed E-state index contributed by atoms with van der Waals surface area (Å²) in [7, 11) is 3.58. The number of rotatable bonds is 7. The highest BCUT2D eigenvalue weighted by molar-refractivity contribution is 9.09. The van der Waals surface area contributed by atoms with Gasteiger partial charge in [0.25, 0.3) is 5.69 Å². The van der Waals surface area contributed by atoms with Crippen molar-refractivity contribution in [2.75, 3.05) is 33.2 Å². The van der Waals surface area contributed by atoms with E-state index >= 15 is 0 Å². The zero-order chi connectivity index (χ0) is 23.3. The first-order valence-electron chi connectivity index (χ1n) is 8.96. The maximum absolute atomic E-state index is 12.9. The maximum atomic E-state index is 12.9. The number of benzene rings is 1. The van der Waals surface area contributed by atoms with E-state index < -0.39 is 28.7 Å². The molecule has 0 fully saturated rings. The SMILES string of the molecule is COC(=O)CN1C(C)=C(C(=O)OC)C(c2cccc([N+](=O)[O-])c2)C(C(=O)OC)=C1CBr. The summed E-state index contributed by atoms with van der Waals surface area (Å²) in [4.78, 5) is 49.9. The number of ether oxygens (including phenoxy) is 3. The molecule has 31 heavy (non-hydrogen) atoms. The van der Waals surface area contributed by atoms with Crippen LogP contribution in [0.3, 0.4) is 0 Å². The number of nitro groups is 1. The van der Waals surface area contributed by atoms with Crippen LogP contribution in [0.4, 0.5) is 5.69 Å². The molecule has 166 valence electrons. The van der Waals surface area contributed by atoms with Crippen LogP contribution in [-0.2, 0) is 28.6 Å². The Hall–Kier alpha value is -3.21. The number of methoxy groups -OCH3 is 3. The number of allylic oxidation sites excluding steroid dienone is 2. The summed E-state index contributed by atoms with van der Waals surface area (Å²) in [5.74, 6) is -3.12. The van der Waals surface area contributed by atoms with E-state index in [1.54, 1.807) is 13.0 Å². The highest BCUT2D eigenvalue weighted by atomic mass is 79.9. The maximum Gasteiger partial charge on any atom is 0.336 e. The molecule has 0 saturated heterocycles. The van der Waals surface area contributed by atoms with Crippen molar-refractivity contribution in [1.82, 2.24) is 4.90 Å². The number of nitro benzene ring substituents is 1. The predicted molar refractivity (Wildman–Crippen MR) is 112 cm³/mol.